The van der Waals surface area contributed by atoms with Gasteiger partial charge in [-0.1, -0.05) is 24.3 Å². The van der Waals surface area contributed by atoms with Crippen LogP contribution in [0.15, 0.2) is 89.5 Å². The van der Waals surface area contributed by atoms with Crippen LogP contribution in [0, 0.1) is 5.82 Å². The number of carbonyl (C=O) groups is 1. The molecule has 6 rings (SSSR count). The molecule has 0 unspecified atom stereocenters. The molecule has 6 aromatic rings. The average Bonchev–Trinajstić information content (AvgIpc) is 3.57. The number of pyridine rings is 1. The molecule has 206 valence electrons. The minimum Gasteiger partial charge on any atom is -0.455 e. The lowest BCUT2D eigenvalue weighted by molar-refractivity contribution is 0.0964. The number of sulfonamides is 1. The number of nitrogens with zero attached hydrogens (tertiary/aromatic N) is 4. The number of halogens is 1. The first-order chi connectivity index (χ1) is 19.6. The second kappa shape index (κ2) is 9.86. The van der Waals surface area contributed by atoms with Crippen LogP contribution in [0.4, 0.5) is 10.1 Å². The molecule has 9 nitrogen and oxygen atoms in total. The first-order valence-electron chi connectivity index (χ1n) is 12.6. The van der Waals surface area contributed by atoms with Gasteiger partial charge in [0.2, 0.25) is 10.0 Å². The zero-order valence-corrected chi connectivity index (χ0v) is 23.1. The van der Waals surface area contributed by atoms with Crippen molar-refractivity contribution in [3.05, 3.63) is 96.4 Å². The molecule has 0 aliphatic heterocycles. The minimum atomic E-state index is -3.67. The molecule has 0 spiro atoms. The van der Waals surface area contributed by atoms with Crippen LogP contribution in [-0.2, 0) is 10.0 Å². The zero-order valence-electron chi connectivity index (χ0n) is 22.3. The van der Waals surface area contributed by atoms with E-state index < -0.39 is 21.7 Å². The van der Waals surface area contributed by atoms with Gasteiger partial charge < -0.3 is 9.73 Å². The summed E-state index contributed by atoms with van der Waals surface area (Å²) >= 11 is 0. The lowest BCUT2D eigenvalue weighted by Gasteiger charge is -2.21. The Morgan fingerprint density at radius 2 is 1.73 bits per heavy atom. The Morgan fingerprint density at radius 1 is 0.976 bits per heavy atom. The molecule has 3 aromatic carbocycles. The minimum absolute atomic E-state index is 0.243. The number of hydrogen-bond donors (Lipinski definition) is 1. The van der Waals surface area contributed by atoms with Gasteiger partial charge in [-0.05, 0) is 54.1 Å². The van der Waals surface area contributed by atoms with Crippen LogP contribution in [0.5, 0.6) is 0 Å². The number of anilines is 1. The summed E-state index contributed by atoms with van der Waals surface area (Å²) in [6, 6.07) is 22.0. The molecule has 3 aromatic heterocycles. The highest BCUT2D eigenvalue weighted by Gasteiger charge is 2.26. The van der Waals surface area contributed by atoms with Crippen LogP contribution in [0.3, 0.4) is 0 Å². The number of furan rings is 1. The summed E-state index contributed by atoms with van der Waals surface area (Å²) < 4.78 is 48.0. The maximum Gasteiger partial charge on any atom is 0.255 e. The number of hydrogen-bond acceptors (Lipinski definition) is 6. The molecule has 0 aliphatic rings. The molecule has 0 fully saturated rings. The Morgan fingerprint density at radius 3 is 2.44 bits per heavy atom. The number of aromatic nitrogens is 3. The van der Waals surface area contributed by atoms with E-state index in [9.17, 15) is 17.6 Å². The highest BCUT2D eigenvalue weighted by atomic mass is 32.2. The van der Waals surface area contributed by atoms with E-state index in [1.807, 2.05) is 42.5 Å². The number of amides is 1. The average molecular weight is 570 g/mol. The standard InChI is InChI=1S/C30H24FN5O4S/c1-32-30(37)27-23-16-22(19-7-6-8-20(15-19)29-33-26-9-4-5-14-36(26)34-29)24(35(2)41(3,38)39)17-25(23)40-28(27)18-10-12-21(31)13-11-18/h4-17H,1-3H3,(H,32,37). The quantitative estimate of drug-likeness (QED) is 0.289. The van der Waals surface area contributed by atoms with Crippen LogP contribution in [-0.4, -0.2) is 49.3 Å². The Hall–Kier alpha value is -5.03. The van der Waals surface area contributed by atoms with E-state index in [4.69, 9.17) is 4.42 Å². The van der Waals surface area contributed by atoms with Gasteiger partial charge in [0.1, 0.15) is 17.2 Å². The number of carbonyl (C=O) groups excluding carboxylic acids is 1. The zero-order chi connectivity index (χ0) is 28.9. The number of benzene rings is 3. The van der Waals surface area contributed by atoms with Gasteiger partial charge in [0.15, 0.2) is 11.5 Å². The molecule has 0 radical (unpaired) electrons. The largest absolute Gasteiger partial charge is 0.455 e. The molecule has 0 atom stereocenters. The highest BCUT2D eigenvalue weighted by Crippen LogP contribution is 2.41. The molecular weight excluding hydrogens is 545 g/mol. The van der Waals surface area contributed by atoms with Gasteiger partial charge in [-0.3, -0.25) is 9.10 Å². The summed E-state index contributed by atoms with van der Waals surface area (Å²) in [5.74, 6) is -0.0798. The number of rotatable bonds is 6. The van der Waals surface area contributed by atoms with E-state index in [2.05, 4.69) is 15.4 Å². The van der Waals surface area contributed by atoms with E-state index in [1.54, 1.807) is 22.8 Å². The third-order valence-corrected chi connectivity index (χ3v) is 8.07. The highest BCUT2D eigenvalue weighted by molar-refractivity contribution is 7.92. The molecule has 1 amide bonds. The first kappa shape index (κ1) is 26.2. The molecule has 0 bridgehead atoms. The topological polar surface area (TPSA) is 110 Å². The molecule has 41 heavy (non-hydrogen) atoms. The monoisotopic (exact) mass is 569 g/mol. The van der Waals surface area contributed by atoms with Crippen molar-refractivity contribution in [2.24, 2.45) is 0 Å². The maximum atomic E-state index is 13.7. The van der Waals surface area contributed by atoms with Crippen molar-refractivity contribution in [3.63, 3.8) is 0 Å². The van der Waals surface area contributed by atoms with Gasteiger partial charge in [0.25, 0.3) is 5.91 Å². The van der Waals surface area contributed by atoms with Crippen molar-refractivity contribution >= 4 is 38.2 Å². The van der Waals surface area contributed by atoms with E-state index in [0.29, 0.717) is 44.8 Å². The summed E-state index contributed by atoms with van der Waals surface area (Å²) in [4.78, 5) is 17.7. The van der Waals surface area contributed by atoms with Gasteiger partial charge in [-0.25, -0.2) is 22.3 Å². The van der Waals surface area contributed by atoms with Crippen LogP contribution in [0.2, 0.25) is 0 Å². The molecule has 3 heterocycles. The Labute approximate surface area is 234 Å². The molecular formula is C30H24FN5O4S. The third-order valence-electron chi connectivity index (χ3n) is 6.88. The lowest BCUT2D eigenvalue weighted by Crippen LogP contribution is -2.25. The van der Waals surface area contributed by atoms with E-state index in [-0.39, 0.29) is 11.3 Å². The number of fused-ring (bicyclic) bond motifs is 2. The molecule has 1 N–H and O–H groups in total. The van der Waals surface area contributed by atoms with E-state index in [1.165, 1.54) is 38.4 Å². The van der Waals surface area contributed by atoms with Gasteiger partial charge in [0.05, 0.1) is 17.5 Å². The molecule has 0 saturated carbocycles. The third kappa shape index (κ3) is 4.70. The maximum absolute atomic E-state index is 13.7. The van der Waals surface area contributed by atoms with Crippen molar-refractivity contribution in [2.45, 2.75) is 0 Å². The van der Waals surface area contributed by atoms with Crippen LogP contribution < -0.4 is 9.62 Å². The molecule has 0 saturated heterocycles. The van der Waals surface area contributed by atoms with Gasteiger partial charge >= 0.3 is 0 Å². The predicted molar refractivity (Wildman–Crippen MR) is 156 cm³/mol. The van der Waals surface area contributed by atoms with Crippen LogP contribution >= 0.6 is 0 Å². The fourth-order valence-corrected chi connectivity index (χ4v) is 5.25. The van der Waals surface area contributed by atoms with Crippen molar-refractivity contribution in [3.8, 4) is 33.8 Å². The Balaban J connectivity index is 1.61. The lowest BCUT2D eigenvalue weighted by atomic mass is 9.97. The van der Waals surface area contributed by atoms with Crippen molar-refractivity contribution in [1.29, 1.82) is 0 Å². The predicted octanol–water partition coefficient (Wildman–Crippen LogP) is 5.37. The fourth-order valence-electron chi connectivity index (χ4n) is 4.74. The summed E-state index contributed by atoms with van der Waals surface area (Å²) in [7, 11) is -0.710. The molecule has 11 heteroatoms. The summed E-state index contributed by atoms with van der Waals surface area (Å²) in [6.45, 7) is 0. The van der Waals surface area contributed by atoms with E-state index >= 15 is 0 Å². The fraction of sp³-hybridized carbons (Fsp3) is 0.100. The number of nitrogens with one attached hydrogen (secondary N) is 1. The van der Waals surface area contributed by atoms with Crippen LogP contribution in [0.1, 0.15) is 10.4 Å². The first-order valence-corrected chi connectivity index (χ1v) is 14.4. The summed E-state index contributed by atoms with van der Waals surface area (Å²) in [5, 5.41) is 7.68. The van der Waals surface area contributed by atoms with Crippen molar-refractivity contribution in [2.75, 3.05) is 24.7 Å². The molecule has 0 aliphatic carbocycles. The van der Waals surface area contributed by atoms with Gasteiger partial charge in [-0.15, -0.1) is 5.10 Å². The van der Waals surface area contributed by atoms with E-state index in [0.717, 1.165) is 16.1 Å². The van der Waals surface area contributed by atoms with Crippen molar-refractivity contribution in [1.82, 2.24) is 19.9 Å². The Kier molecular flexibility index (Phi) is 6.30. The van der Waals surface area contributed by atoms with Crippen LogP contribution in [0.25, 0.3) is 50.5 Å². The summed E-state index contributed by atoms with van der Waals surface area (Å²) in [5.41, 5.74) is 4.05. The second-order valence-electron chi connectivity index (χ2n) is 9.51. The normalized spacial score (nSPS) is 11.7. The smallest absolute Gasteiger partial charge is 0.255 e. The van der Waals surface area contributed by atoms with Crippen molar-refractivity contribution < 1.29 is 22.0 Å². The van der Waals surface area contributed by atoms with Gasteiger partial charge in [-0.2, -0.15) is 0 Å². The summed E-state index contributed by atoms with van der Waals surface area (Å²) in [6.07, 6.45) is 2.92. The SMILES string of the molecule is CNC(=O)c1c(-c2ccc(F)cc2)oc2cc(N(C)S(C)(=O)=O)c(-c3cccc(-c4nc5ccccn5n4)c3)cc12. The van der Waals surface area contributed by atoms with Gasteiger partial charge in [0, 0.05) is 48.4 Å². The Bertz CT molecular complexity index is 2030. The second-order valence-corrected chi connectivity index (χ2v) is 11.5.